The molecule has 2 N–H and O–H groups in total. The summed E-state index contributed by atoms with van der Waals surface area (Å²) >= 11 is 0. The van der Waals surface area contributed by atoms with Gasteiger partial charge >= 0.3 is 0 Å². The van der Waals surface area contributed by atoms with Gasteiger partial charge in [-0.25, -0.2) is 9.97 Å². The first kappa shape index (κ1) is 38.1. The van der Waals surface area contributed by atoms with Crippen molar-refractivity contribution >= 4 is 46.2 Å². The molecule has 3 aromatic heterocycles. The van der Waals surface area contributed by atoms with E-state index >= 15 is 0 Å². The molecule has 9 rings (SSSR count). The zero-order chi connectivity index (χ0) is 38.8. The van der Waals surface area contributed by atoms with E-state index in [0.717, 1.165) is 80.9 Å². The van der Waals surface area contributed by atoms with Gasteiger partial charge < -0.3 is 19.7 Å². The van der Waals surface area contributed by atoms with E-state index in [9.17, 15) is 14.4 Å². The number of likely N-dealkylation sites (tertiary alicyclic amines) is 1. The number of piperidine rings is 2. The summed E-state index contributed by atoms with van der Waals surface area (Å²) in [5.74, 6) is 1.59. The number of pyridine rings is 1. The first-order chi connectivity index (χ1) is 27.1. The van der Waals surface area contributed by atoms with E-state index in [1.165, 1.54) is 49.8 Å². The highest BCUT2D eigenvalue weighted by Gasteiger charge is 2.44. The Morgan fingerprint density at radius 1 is 0.911 bits per heavy atom. The van der Waals surface area contributed by atoms with E-state index < -0.39 is 0 Å². The van der Waals surface area contributed by atoms with Crippen LogP contribution in [0.5, 0.6) is 0 Å². The number of nitrogens with one attached hydrogen (secondary N) is 2. The lowest BCUT2D eigenvalue weighted by atomic mass is 9.72. The number of imide groups is 1. The lowest BCUT2D eigenvalue weighted by Crippen LogP contribution is -2.59. The predicted octanol–water partition coefficient (Wildman–Crippen LogP) is 7.21. The SMILES string of the molecule is CC1CCCC1.CN(C)C(=O)c1cc2cnc(Nc3ccc(CN4CC5(CCN(c6ccc(C7CCC(=O)NC7=O)cc6)CC5)C4)cn3)nc2n1C1CCCC1. The number of aromatic nitrogens is 4. The highest BCUT2D eigenvalue weighted by molar-refractivity contribution is 6.01. The molecule has 5 fully saturated rings. The summed E-state index contributed by atoms with van der Waals surface area (Å²) < 4.78 is 2.13. The van der Waals surface area contributed by atoms with Crippen molar-refractivity contribution < 1.29 is 14.4 Å². The van der Waals surface area contributed by atoms with Crippen LogP contribution in [0, 0.1) is 11.3 Å². The Morgan fingerprint density at radius 3 is 2.25 bits per heavy atom. The van der Waals surface area contributed by atoms with Crippen molar-refractivity contribution in [2.24, 2.45) is 11.3 Å². The summed E-state index contributed by atoms with van der Waals surface area (Å²) in [6.45, 7) is 7.47. The number of amides is 3. The van der Waals surface area contributed by atoms with Gasteiger partial charge in [0.1, 0.15) is 17.2 Å². The summed E-state index contributed by atoms with van der Waals surface area (Å²) in [6, 6.07) is 14.6. The number of rotatable bonds is 8. The van der Waals surface area contributed by atoms with Crippen molar-refractivity contribution in [3.05, 3.63) is 71.7 Å². The number of nitrogens with zero attached hydrogens (tertiary/aromatic N) is 7. The summed E-state index contributed by atoms with van der Waals surface area (Å²) in [7, 11) is 3.57. The minimum absolute atomic E-state index is 0.0177. The molecule has 1 unspecified atom stereocenters. The molecule has 56 heavy (non-hydrogen) atoms. The van der Waals surface area contributed by atoms with Crippen molar-refractivity contribution in [3.8, 4) is 0 Å². The van der Waals surface area contributed by atoms with Crippen molar-refractivity contribution in [1.82, 2.24) is 34.6 Å². The molecule has 1 atom stereocenters. The molecule has 0 bridgehead atoms. The van der Waals surface area contributed by atoms with Crippen LogP contribution in [-0.4, -0.2) is 87.3 Å². The molecule has 2 saturated carbocycles. The van der Waals surface area contributed by atoms with Crippen LogP contribution < -0.4 is 15.5 Å². The largest absolute Gasteiger partial charge is 0.371 e. The second kappa shape index (κ2) is 16.3. The molecule has 3 amide bonds. The van der Waals surface area contributed by atoms with Gasteiger partial charge in [0, 0.05) is 82.7 Å². The lowest BCUT2D eigenvalue weighted by Gasteiger charge is -2.54. The van der Waals surface area contributed by atoms with Crippen molar-refractivity contribution in [2.75, 3.05) is 50.5 Å². The standard InChI is InChI=1S/C38H45N9O3.C6H12/c1-44(2)36(50)31-19-27-21-40-37(43-34(27)47(31)29-5-3-4-6-29)41-32-13-7-25(20-39-32)22-45-23-38(24-45)15-17-46(18-16-38)28-10-8-26(9-11-28)30-12-14-33(48)42-35(30)49;1-6-4-2-3-5-6/h7-11,13,19-21,29-30H,3-6,12,14-18,22-24H2,1-2H3,(H,42,48,49)(H,39,40,41,43);6H,2-5H2,1H3. The Balaban J connectivity index is 0.000000673. The van der Waals surface area contributed by atoms with E-state index in [0.29, 0.717) is 35.7 Å². The van der Waals surface area contributed by atoms with Gasteiger partial charge in [0.05, 0.1) is 5.92 Å². The fourth-order valence-corrected chi connectivity index (χ4v) is 9.59. The minimum Gasteiger partial charge on any atom is -0.371 e. The second-order valence-electron chi connectivity index (χ2n) is 17.3. The molecule has 296 valence electrons. The molecule has 3 aliphatic heterocycles. The van der Waals surface area contributed by atoms with Crippen LogP contribution in [0.3, 0.4) is 0 Å². The van der Waals surface area contributed by atoms with E-state index in [-0.39, 0.29) is 29.7 Å². The highest BCUT2D eigenvalue weighted by atomic mass is 16.2. The smallest absolute Gasteiger partial charge is 0.270 e. The number of benzene rings is 1. The van der Waals surface area contributed by atoms with Gasteiger partial charge in [-0.2, -0.15) is 4.98 Å². The average molecular weight is 760 g/mol. The summed E-state index contributed by atoms with van der Waals surface area (Å²) in [5.41, 5.74) is 5.19. The Morgan fingerprint density at radius 2 is 1.62 bits per heavy atom. The molecule has 1 spiro atoms. The van der Waals surface area contributed by atoms with E-state index in [1.807, 2.05) is 30.5 Å². The van der Waals surface area contributed by atoms with Crippen molar-refractivity contribution in [2.45, 2.75) is 102 Å². The molecule has 4 aromatic rings. The summed E-state index contributed by atoms with van der Waals surface area (Å²) in [6.07, 6.45) is 17.4. The quantitative estimate of drug-likeness (QED) is 0.179. The Kier molecular flexibility index (Phi) is 11.1. The Labute approximate surface area is 330 Å². The topological polar surface area (TPSA) is 129 Å². The van der Waals surface area contributed by atoms with Crippen LogP contribution in [0.2, 0.25) is 0 Å². The molecule has 3 saturated heterocycles. The molecule has 0 radical (unpaired) electrons. The van der Waals surface area contributed by atoms with Crippen LogP contribution in [-0.2, 0) is 16.1 Å². The van der Waals surface area contributed by atoms with Gasteiger partial charge in [-0.15, -0.1) is 0 Å². The number of fused-ring (bicyclic) bond motifs is 1. The molecule has 12 nitrogen and oxygen atoms in total. The molecule has 12 heteroatoms. The Bertz CT molecular complexity index is 2010. The molecule has 1 aromatic carbocycles. The van der Waals surface area contributed by atoms with E-state index in [1.54, 1.807) is 25.2 Å². The minimum atomic E-state index is -0.241. The van der Waals surface area contributed by atoms with E-state index in [2.05, 4.69) is 60.1 Å². The van der Waals surface area contributed by atoms with Crippen LogP contribution in [0.4, 0.5) is 17.5 Å². The predicted molar refractivity (Wildman–Crippen MR) is 219 cm³/mol. The monoisotopic (exact) mass is 759 g/mol. The van der Waals surface area contributed by atoms with Gasteiger partial charge in [-0.05, 0) is 78.8 Å². The summed E-state index contributed by atoms with van der Waals surface area (Å²) in [4.78, 5) is 57.5. The molecular formula is C44H57N9O3. The fourth-order valence-electron chi connectivity index (χ4n) is 9.59. The van der Waals surface area contributed by atoms with Gasteiger partial charge in [0.25, 0.3) is 5.91 Å². The molecule has 2 aliphatic carbocycles. The second-order valence-corrected chi connectivity index (χ2v) is 17.3. The maximum absolute atomic E-state index is 13.0. The van der Waals surface area contributed by atoms with Crippen molar-refractivity contribution in [3.63, 3.8) is 0 Å². The van der Waals surface area contributed by atoms with Crippen LogP contribution in [0.25, 0.3) is 11.0 Å². The van der Waals surface area contributed by atoms with Crippen LogP contribution >= 0.6 is 0 Å². The molecular weight excluding hydrogens is 703 g/mol. The number of hydrogen-bond donors (Lipinski definition) is 2. The van der Waals surface area contributed by atoms with Gasteiger partial charge in [0.2, 0.25) is 17.8 Å². The first-order valence-corrected chi connectivity index (χ1v) is 20.9. The average Bonchev–Trinajstić information content (AvgIpc) is 3.97. The van der Waals surface area contributed by atoms with Gasteiger partial charge in [-0.3, -0.25) is 24.6 Å². The number of carbonyl (C=O) groups excluding carboxylic acids is 3. The number of carbonyl (C=O) groups is 3. The fraction of sp³-hybridized carbons (Fsp3) is 0.545. The zero-order valence-corrected chi connectivity index (χ0v) is 33.3. The third-order valence-electron chi connectivity index (χ3n) is 12.8. The van der Waals surface area contributed by atoms with Gasteiger partial charge in [-0.1, -0.05) is 63.6 Å². The van der Waals surface area contributed by atoms with Gasteiger partial charge in [0.15, 0.2) is 0 Å². The maximum atomic E-state index is 13.0. The maximum Gasteiger partial charge on any atom is 0.270 e. The van der Waals surface area contributed by atoms with E-state index in [4.69, 9.17) is 4.98 Å². The number of hydrogen-bond acceptors (Lipinski definition) is 9. The Hall–Kier alpha value is -4.84. The third kappa shape index (κ3) is 8.31. The van der Waals surface area contributed by atoms with Crippen molar-refractivity contribution in [1.29, 1.82) is 0 Å². The van der Waals surface area contributed by atoms with Crippen LogP contribution in [0.1, 0.15) is 118 Å². The molecule has 6 heterocycles. The first-order valence-electron chi connectivity index (χ1n) is 20.9. The third-order valence-corrected chi connectivity index (χ3v) is 12.8. The molecule has 5 aliphatic rings. The highest BCUT2D eigenvalue weighted by Crippen LogP contribution is 2.42. The lowest BCUT2D eigenvalue weighted by molar-refractivity contribution is -0.134. The number of anilines is 3. The normalized spacial score (nSPS) is 21.5. The summed E-state index contributed by atoms with van der Waals surface area (Å²) in [5, 5.41) is 6.61. The van der Waals surface area contributed by atoms with Crippen LogP contribution in [0.15, 0.2) is 54.9 Å². The zero-order valence-electron chi connectivity index (χ0n) is 33.3.